The molecule has 0 saturated carbocycles. The summed E-state index contributed by atoms with van der Waals surface area (Å²) in [7, 11) is -3.14. The molecular weight excluding hydrogens is 247 g/mol. The average Bonchev–Trinajstić information content (AvgIpc) is 2.07. The SMILES string of the molecule is CC1CS(=O)(=O)CCN1CC(O)C(F)(F)F. The minimum atomic E-state index is -4.66. The minimum absolute atomic E-state index is 0.0383. The number of hydrogen-bond donors (Lipinski definition) is 1. The van der Waals surface area contributed by atoms with Crippen molar-refractivity contribution in [3.63, 3.8) is 0 Å². The smallest absolute Gasteiger partial charge is 0.382 e. The maximum atomic E-state index is 12.1. The summed E-state index contributed by atoms with van der Waals surface area (Å²) in [5.74, 6) is -0.306. The summed E-state index contributed by atoms with van der Waals surface area (Å²) in [5.41, 5.74) is 0. The standard InChI is InChI=1S/C8H14F3NO3S/c1-6-5-16(14,15)3-2-12(6)4-7(13)8(9,10)11/h6-7,13H,2-5H2,1H3. The van der Waals surface area contributed by atoms with Crippen molar-refractivity contribution in [1.82, 2.24) is 4.90 Å². The van der Waals surface area contributed by atoms with Crippen molar-refractivity contribution in [2.24, 2.45) is 0 Å². The summed E-state index contributed by atoms with van der Waals surface area (Å²) in [6.45, 7) is 1.01. The molecule has 8 heteroatoms. The molecule has 96 valence electrons. The predicted octanol–water partition coefficient (Wildman–Crippen LogP) is 0.0285. The average molecular weight is 261 g/mol. The van der Waals surface area contributed by atoms with Gasteiger partial charge < -0.3 is 5.11 Å². The fourth-order valence-corrected chi connectivity index (χ4v) is 3.25. The van der Waals surface area contributed by atoms with Crippen LogP contribution in [-0.2, 0) is 9.84 Å². The summed E-state index contributed by atoms with van der Waals surface area (Å²) in [6, 6.07) is -0.490. The zero-order chi connectivity index (χ0) is 12.6. The van der Waals surface area contributed by atoms with Crippen molar-refractivity contribution in [1.29, 1.82) is 0 Å². The molecule has 0 bridgehead atoms. The van der Waals surface area contributed by atoms with Gasteiger partial charge in [0.1, 0.15) is 0 Å². The number of aliphatic hydroxyl groups excluding tert-OH is 1. The van der Waals surface area contributed by atoms with Gasteiger partial charge in [-0.05, 0) is 6.92 Å². The molecule has 2 unspecified atom stereocenters. The highest BCUT2D eigenvalue weighted by molar-refractivity contribution is 7.91. The van der Waals surface area contributed by atoms with E-state index in [1.807, 2.05) is 0 Å². The van der Waals surface area contributed by atoms with Crippen LogP contribution in [0.4, 0.5) is 13.2 Å². The maximum absolute atomic E-state index is 12.1. The van der Waals surface area contributed by atoms with Crippen LogP contribution in [0.1, 0.15) is 6.92 Å². The van der Waals surface area contributed by atoms with Gasteiger partial charge in [0.25, 0.3) is 0 Å². The van der Waals surface area contributed by atoms with Crippen LogP contribution in [-0.4, -0.2) is 61.3 Å². The molecule has 0 aromatic heterocycles. The topological polar surface area (TPSA) is 57.6 Å². The van der Waals surface area contributed by atoms with Crippen LogP contribution in [0.15, 0.2) is 0 Å². The molecule has 4 nitrogen and oxygen atoms in total. The molecule has 0 aromatic rings. The first-order valence-electron chi connectivity index (χ1n) is 4.81. The summed E-state index contributed by atoms with van der Waals surface area (Å²) in [6.07, 6.45) is -7.08. The molecule has 1 rings (SSSR count). The monoisotopic (exact) mass is 261 g/mol. The van der Waals surface area contributed by atoms with Crippen LogP contribution < -0.4 is 0 Å². The summed E-state index contributed by atoms with van der Waals surface area (Å²) in [4.78, 5) is 1.35. The normalized spacial score (nSPS) is 28.9. The first-order valence-corrected chi connectivity index (χ1v) is 6.63. The zero-order valence-electron chi connectivity index (χ0n) is 8.74. The Kier molecular flexibility index (Phi) is 3.86. The third-order valence-electron chi connectivity index (χ3n) is 2.59. The molecule has 1 aliphatic rings. The first-order chi connectivity index (χ1) is 7.12. The van der Waals surface area contributed by atoms with Gasteiger partial charge in [0.05, 0.1) is 11.5 Å². The molecule has 1 aliphatic heterocycles. The Bertz CT molecular complexity index is 341. The zero-order valence-corrected chi connectivity index (χ0v) is 9.55. The molecule has 1 heterocycles. The van der Waals surface area contributed by atoms with E-state index >= 15 is 0 Å². The number of hydrogen-bond acceptors (Lipinski definition) is 4. The Hall–Kier alpha value is -0.340. The predicted molar refractivity (Wildman–Crippen MR) is 51.8 cm³/mol. The highest BCUT2D eigenvalue weighted by Crippen LogP contribution is 2.22. The Morgan fingerprint density at radius 1 is 1.50 bits per heavy atom. The van der Waals surface area contributed by atoms with Crippen molar-refractivity contribution >= 4 is 9.84 Å². The van der Waals surface area contributed by atoms with Crippen molar-refractivity contribution in [3.05, 3.63) is 0 Å². The van der Waals surface area contributed by atoms with Crippen molar-refractivity contribution in [2.75, 3.05) is 24.6 Å². The molecule has 0 amide bonds. The lowest BCUT2D eigenvalue weighted by Crippen LogP contribution is -2.51. The van der Waals surface area contributed by atoms with Crippen LogP contribution in [0.2, 0.25) is 0 Å². The van der Waals surface area contributed by atoms with E-state index in [-0.39, 0.29) is 18.1 Å². The van der Waals surface area contributed by atoms with Gasteiger partial charge in [-0.3, -0.25) is 4.90 Å². The van der Waals surface area contributed by atoms with E-state index in [1.54, 1.807) is 6.92 Å². The molecule has 2 atom stereocenters. The Labute approximate surface area is 92.0 Å². The Balaban J connectivity index is 2.58. The second-order valence-electron chi connectivity index (χ2n) is 4.02. The molecule has 0 aromatic carbocycles. The summed E-state index contributed by atoms with van der Waals surface area (Å²) >= 11 is 0. The highest BCUT2D eigenvalue weighted by atomic mass is 32.2. The number of alkyl halides is 3. The number of rotatable bonds is 2. The van der Waals surface area contributed by atoms with E-state index in [1.165, 1.54) is 4.90 Å². The molecule has 1 fully saturated rings. The van der Waals surface area contributed by atoms with Gasteiger partial charge in [-0.1, -0.05) is 0 Å². The van der Waals surface area contributed by atoms with Gasteiger partial charge in [-0.25, -0.2) is 8.42 Å². The number of sulfone groups is 1. The third-order valence-corrected chi connectivity index (χ3v) is 4.39. The van der Waals surface area contributed by atoms with E-state index in [9.17, 15) is 21.6 Å². The third kappa shape index (κ3) is 3.60. The van der Waals surface area contributed by atoms with Crippen LogP contribution in [0.25, 0.3) is 0 Å². The molecule has 1 N–H and O–H groups in total. The van der Waals surface area contributed by atoms with Crippen molar-refractivity contribution in [2.45, 2.75) is 25.2 Å². The van der Waals surface area contributed by atoms with E-state index < -0.39 is 34.7 Å². The van der Waals surface area contributed by atoms with Gasteiger partial charge in [-0.2, -0.15) is 13.2 Å². The van der Waals surface area contributed by atoms with Crippen molar-refractivity contribution in [3.8, 4) is 0 Å². The minimum Gasteiger partial charge on any atom is -0.382 e. The Morgan fingerprint density at radius 2 is 2.06 bits per heavy atom. The summed E-state index contributed by atoms with van der Waals surface area (Å²) in [5, 5.41) is 8.87. The molecule has 0 spiro atoms. The summed E-state index contributed by atoms with van der Waals surface area (Å²) < 4.78 is 58.6. The highest BCUT2D eigenvalue weighted by Gasteiger charge is 2.41. The fourth-order valence-electron chi connectivity index (χ4n) is 1.63. The number of halogens is 3. The van der Waals surface area contributed by atoms with Gasteiger partial charge >= 0.3 is 6.18 Å². The molecule has 16 heavy (non-hydrogen) atoms. The molecular formula is C8H14F3NO3S. The van der Waals surface area contributed by atoms with Crippen molar-refractivity contribution < 1.29 is 26.7 Å². The van der Waals surface area contributed by atoms with Gasteiger partial charge in [0, 0.05) is 19.1 Å². The van der Waals surface area contributed by atoms with Crippen LogP contribution in [0.3, 0.4) is 0 Å². The molecule has 1 saturated heterocycles. The molecule has 0 radical (unpaired) electrons. The van der Waals surface area contributed by atoms with E-state index in [4.69, 9.17) is 5.11 Å². The van der Waals surface area contributed by atoms with Crippen LogP contribution in [0, 0.1) is 0 Å². The second-order valence-corrected chi connectivity index (χ2v) is 6.24. The lowest BCUT2D eigenvalue weighted by atomic mass is 10.2. The lowest BCUT2D eigenvalue weighted by molar-refractivity contribution is -0.209. The Morgan fingerprint density at radius 3 is 2.50 bits per heavy atom. The van der Waals surface area contributed by atoms with Crippen LogP contribution >= 0.6 is 0 Å². The van der Waals surface area contributed by atoms with Gasteiger partial charge in [0.2, 0.25) is 0 Å². The lowest BCUT2D eigenvalue weighted by Gasteiger charge is -2.34. The van der Waals surface area contributed by atoms with E-state index in [0.29, 0.717) is 0 Å². The number of nitrogens with zero attached hydrogens (tertiary/aromatic N) is 1. The maximum Gasteiger partial charge on any atom is 0.415 e. The van der Waals surface area contributed by atoms with Gasteiger partial charge in [0.15, 0.2) is 15.9 Å². The van der Waals surface area contributed by atoms with Crippen LogP contribution in [0.5, 0.6) is 0 Å². The second kappa shape index (κ2) is 4.50. The van der Waals surface area contributed by atoms with Gasteiger partial charge in [-0.15, -0.1) is 0 Å². The number of aliphatic hydroxyl groups is 1. The largest absolute Gasteiger partial charge is 0.415 e. The quantitative estimate of drug-likeness (QED) is 0.762. The van der Waals surface area contributed by atoms with E-state index in [0.717, 1.165) is 0 Å². The first kappa shape index (κ1) is 13.7. The number of β-amino-alcohol motifs (C(OH)–C–C–N with tert-alkyl or cyclic N) is 1. The molecule has 0 aliphatic carbocycles. The fraction of sp³-hybridized carbons (Fsp3) is 1.00. The van der Waals surface area contributed by atoms with E-state index in [2.05, 4.69) is 0 Å².